The summed E-state index contributed by atoms with van der Waals surface area (Å²) in [6, 6.07) is 11.1. The van der Waals surface area contributed by atoms with Crippen LogP contribution in [0.1, 0.15) is 27.6 Å². The fraction of sp³-hybridized carbons (Fsp3) is 0.125. The second kappa shape index (κ2) is 7.29. The van der Waals surface area contributed by atoms with Crippen LogP contribution in [0.3, 0.4) is 0 Å². The van der Waals surface area contributed by atoms with Crippen LogP contribution in [0.4, 0.5) is 5.69 Å². The first-order valence-corrected chi connectivity index (χ1v) is 7.30. The molecule has 0 aliphatic rings. The van der Waals surface area contributed by atoms with Crippen LogP contribution in [0.2, 0.25) is 10.0 Å². The molecule has 0 unspecified atom stereocenters. The molecule has 114 valence electrons. The van der Waals surface area contributed by atoms with E-state index in [-0.39, 0.29) is 23.1 Å². The van der Waals surface area contributed by atoms with Gasteiger partial charge in [-0.3, -0.25) is 4.79 Å². The molecule has 6 heteroatoms. The Kier molecular flexibility index (Phi) is 5.41. The molecule has 2 rings (SSSR count). The van der Waals surface area contributed by atoms with E-state index >= 15 is 0 Å². The van der Waals surface area contributed by atoms with Gasteiger partial charge < -0.3 is 10.1 Å². The lowest BCUT2D eigenvalue weighted by Crippen LogP contribution is -2.12. The molecule has 0 saturated heterocycles. The minimum Gasteiger partial charge on any atom is -0.462 e. The van der Waals surface area contributed by atoms with Gasteiger partial charge in [0.05, 0.1) is 17.2 Å². The highest BCUT2D eigenvalue weighted by Crippen LogP contribution is 2.22. The van der Waals surface area contributed by atoms with Crippen molar-refractivity contribution in [2.75, 3.05) is 11.9 Å². The standard InChI is InChI=1S/C16H13Cl2NO3/c1-2-22-16(21)13-8-7-12(9-14(13)18)19-15(20)10-3-5-11(17)6-4-10/h3-9H,2H2,1H3,(H,19,20). The fourth-order valence-corrected chi connectivity index (χ4v) is 2.16. The van der Waals surface area contributed by atoms with Gasteiger partial charge in [-0.2, -0.15) is 0 Å². The van der Waals surface area contributed by atoms with Crippen LogP contribution in [-0.4, -0.2) is 18.5 Å². The molecule has 2 aromatic rings. The summed E-state index contributed by atoms with van der Waals surface area (Å²) < 4.78 is 4.89. The van der Waals surface area contributed by atoms with E-state index in [1.165, 1.54) is 12.1 Å². The number of carbonyl (C=O) groups excluding carboxylic acids is 2. The van der Waals surface area contributed by atoms with Crippen LogP contribution in [0.25, 0.3) is 0 Å². The number of hydrogen-bond acceptors (Lipinski definition) is 3. The number of rotatable bonds is 4. The lowest BCUT2D eigenvalue weighted by molar-refractivity contribution is 0.0526. The predicted octanol–water partition coefficient (Wildman–Crippen LogP) is 4.42. The van der Waals surface area contributed by atoms with Gasteiger partial charge in [0, 0.05) is 16.3 Å². The molecule has 0 fully saturated rings. The number of benzene rings is 2. The van der Waals surface area contributed by atoms with Crippen molar-refractivity contribution >= 4 is 40.8 Å². The Morgan fingerprint density at radius 1 is 1.09 bits per heavy atom. The van der Waals surface area contributed by atoms with Crippen molar-refractivity contribution < 1.29 is 14.3 Å². The van der Waals surface area contributed by atoms with Gasteiger partial charge >= 0.3 is 5.97 Å². The molecular weight excluding hydrogens is 325 g/mol. The van der Waals surface area contributed by atoms with Crippen LogP contribution in [0.5, 0.6) is 0 Å². The van der Waals surface area contributed by atoms with Crippen molar-refractivity contribution in [3.8, 4) is 0 Å². The Morgan fingerprint density at radius 2 is 1.77 bits per heavy atom. The SMILES string of the molecule is CCOC(=O)c1ccc(NC(=O)c2ccc(Cl)cc2)cc1Cl. The van der Waals surface area contributed by atoms with Gasteiger partial charge in [-0.25, -0.2) is 4.79 Å². The number of halogens is 2. The van der Waals surface area contributed by atoms with Gasteiger partial charge in [-0.05, 0) is 49.4 Å². The third-order valence-electron chi connectivity index (χ3n) is 2.83. The lowest BCUT2D eigenvalue weighted by Gasteiger charge is -2.08. The molecule has 1 amide bonds. The average molecular weight is 338 g/mol. The molecule has 0 atom stereocenters. The van der Waals surface area contributed by atoms with Crippen molar-refractivity contribution in [1.29, 1.82) is 0 Å². The summed E-state index contributed by atoms with van der Waals surface area (Å²) in [5.41, 5.74) is 1.21. The van der Waals surface area contributed by atoms with E-state index in [4.69, 9.17) is 27.9 Å². The maximum atomic E-state index is 12.1. The Labute approximate surface area is 138 Å². The van der Waals surface area contributed by atoms with Gasteiger partial charge in [-0.1, -0.05) is 23.2 Å². The predicted molar refractivity (Wildman–Crippen MR) is 86.8 cm³/mol. The zero-order chi connectivity index (χ0) is 16.1. The Balaban J connectivity index is 2.13. The topological polar surface area (TPSA) is 55.4 Å². The van der Waals surface area contributed by atoms with Crippen molar-refractivity contribution in [3.63, 3.8) is 0 Å². The number of hydrogen-bond donors (Lipinski definition) is 1. The molecule has 1 N–H and O–H groups in total. The summed E-state index contributed by atoms with van der Waals surface area (Å²) in [4.78, 5) is 23.7. The molecular formula is C16H13Cl2NO3. The van der Waals surface area contributed by atoms with E-state index in [1.807, 2.05) is 0 Å². The smallest absolute Gasteiger partial charge is 0.339 e. The first-order chi connectivity index (χ1) is 10.5. The molecule has 0 heterocycles. The minimum absolute atomic E-state index is 0.215. The molecule has 4 nitrogen and oxygen atoms in total. The third-order valence-corrected chi connectivity index (χ3v) is 3.39. The van der Waals surface area contributed by atoms with Gasteiger partial charge in [0.2, 0.25) is 0 Å². The van der Waals surface area contributed by atoms with Crippen molar-refractivity contribution in [2.24, 2.45) is 0 Å². The molecule has 22 heavy (non-hydrogen) atoms. The Hall–Kier alpha value is -2.04. The Morgan fingerprint density at radius 3 is 2.36 bits per heavy atom. The summed E-state index contributed by atoms with van der Waals surface area (Å²) >= 11 is 11.8. The monoisotopic (exact) mass is 337 g/mol. The quantitative estimate of drug-likeness (QED) is 0.840. The molecule has 2 aromatic carbocycles. The number of anilines is 1. The summed E-state index contributed by atoms with van der Waals surface area (Å²) in [5.74, 6) is -0.792. The van der Waals surface area contributed by atoms with Gasteiger partial charge in [-0.15, -0.1) is 0 Å². The third kappa shape index (κ3) is 4.00. The normalized spacial score (nSPS) is 10.1. The highest BCUT2D eigenvalue weighted by Gasteiger charge is 2.13. The zero-order valence-electron chi connectivity index (χ0n) is 11.7. The van der Waals surface area contributed by atoms with Gasteiger partial charge in [0.1, 0.15) is 0 Å². The van der Waals surface area contributed by atoms with E-state index in [9.17, 15) is 9.59 Å². The summed E-state index contributed by atoms with van der Waals surface area (Å²) in [6.45, 7) is 1.98. The highest BCUT2D eigenvalue weighted by molar-refractivity contribution is 6.34. The molecule has 0 aliphatic heterocycles. The zero-order valence-corrected chi connectivity index (χ0v) is 13.2. The number of ether oxygens (including phenoxy) is 1. The molecule has 0 radical (unpaired) electrons. The molecule has 0 aliphatic carbocycles. The van der Waals surface area contributed by atoms with Crippen molar-refractivity contribution in [1.82, 2.24) is 0 Å². The largest absolute Gasteiger partial charge is 0.462 e. The molecule has 0 saturated carbocycles. The van der Waals surface area contributed by atoms with Crippen LogP contribution in [0.15, 0.2) is 42.5 Å². The van der Waals surface area contributed by atoms with Crippen molar-refractivity contribution in [3.05, 3.63) is 63.6 Å². The van der Waals surface area contributed by atoms with E-state index in [0.717, 1.165) is 0 Å². The maximum absolute atomic E-state index is 12.1. The lowest BCUT2D eigenvalue weighted by atomic mass is 10.2. The second-order valence-electron chi connectivity index (χ2n) is 4.38. The van der Waals surface area contributed by atoms with Crippen LogP contribution in [0, 0.1) is 0 Å². The highest BCUT2D eigenvalue weighted by atomic mass is 35.5. The van der Waals surface area contributed by atoms with E-state index in [0.29, 0.717) is 16.3 Å². The number of carbonyl (C=O) groups is 2. The van der Waals surface area contributed by atoms with Gasteiger partial charge in [0.25, 0.3) is 5.91 Å². The number of esters is 1. The molecule has 0 aromatic heterocycles. The van der Waals surface area contributed by atoms with E-state index in [2.05, 4.69) is 5.32 Å². The minimum atomic E-state index is -0.497. The Bertz CT molecular complexity index is 699. The summed E-state index contributed by atoms with van der Waals surface area (Å²) in [6.07, 6.45) is 0. The van der Waals surface area contributed by atoms with Crippen LogP contribution >= 0.6 is 23.2 Å². The van der Waals surface area contributed by atoms with Crippen LogP contribution in [-0.2, 0) is 4.74 Å². The fourth-order valence-electron chi connectivity index (χ4n) is 1.77. The molecule has 0 spiro atoms. The maximum Gasteiger partial charge on any atom is 0.339 e. The van der Waals surface area contributed by atoms with E-state index in [1.54, 1.807) is 37.3 Å². The second-order valence-corrected chi connectivity index (χ2v) is 5.22. The van der Waals surface area contributed by atoms with Gasteiger partial charge in [0.15, 0.2) is 0 Å². The number of amides is 1. The summed E-state index contributed by atoms with van der Waals surface area (Å²) in [5, 5.41) is 3.47. The average Bonchev–Trinajstić information content (AvgIpc) is 2.48. The first kappa shape index (κ1) is 16.3. The summed E-state index contributed by atoms with van der Waals surface area (Å²) in [7, 11) is 0. The van der Waals surface area contributed by atoms with Crippen molar-refractivity contribution in [2.45, 2.75) is 6.92 Å². The first-order valence-electron chi connectivity index (χ1n) is 6.55. The number of nitrogens with one attached hydrogen (secondary N) is 1. The molecule has 0 bridgehead atoms. The van der Waals surface area contributed by atoms with Crippen LogP contribution < -0.4 is 5.32 Å². The van der Waals surface area contributed by atoms with E-state index < -0.39 is 5.97 Å².